The Morgan fingerprint density at radius 1 is 1.14 bits per heavy atom. The zero-order valence-corrected chi connectivity index (χ0v) is 11.7. The van der Waals surface area contributed by atoms with E-state index in [4.69, 9.17) is 5.73 Å². The number of benzene rings is 2. The van der Waals surface area contributed by atoms with Crippen molar-refractivity contribution in [1.29, 1.82) is 0 Å². The van der Waals surface area contributed by atoms with E-state index in [0.717, 1.165) is 5.56 Å². The normalized spacial score (nSPS) is 10.2. The van der Waals surface area contributed by atoms with Crippen LogP contribution in [0.1, 0.15) is 21.5 Å². The molecule has 0 bridgehead atoms. The maximum atomic E-state index is 12.1. The average Bonchev–Trinajstić information content (AvgIpc) is 2.43. The van der Waals surface area contributed by atoms with Crippen molar-refractivity contribution in [2.45, 2.75) is 13.8 Å². The number of amides is 1. The van der Waals surface area contributed by atoms with Gasteiger partial charge in [-0.1, -0.05) is 12.1 Å². The maximum absolute atomic E-state index is 12.1. The largest absolute Gasteiger partial charge is 0.398 e. The maximum Gasteiger partial charge on any atom is 0.274 e. The summed E-state index contributed by atoms with van der Waals surface area (Å²) in [6, 6.07) is 9.54. The third kappa shape index (κ3) is 3.17. The van der Waals surface area contributed by atoms with Crippen molar-refractivity contribution in [3.8, 4) is 0 Å². The number of nitro groups is 1. The molecule has 1 amide bonds. The second kappa shape index (κ2) is 5.62. The molecule has 0 spiro atoms. The number of nitro benzene ring substituents is 1. The highest BCUT2D eigenvalue weighted by atomic mass is 16.6. The van der Waals surface area contributed by atoms with Crippen LogP contribution in [-0.2, 0) is 0 Å². The van der Waals surface area contributed by atoms with Crippen molar-refractivity contribution in [2.75, 3.05) is 11.1 Å². The fraction of sp³-hybridized carbons (Fsp3) is 0.133. The van der Waals surface area contributed by atoms with E-state index in [1.807, 2.05) is 6.92 Å². The summed E-state index contributed by atoms with van der Waals surface area (Å²) in [7, 11) is 0. The first kappa shape index (κ1) is 14.5. The van der Waals surface area contributed by atoms with Crippen LogP contribution in [0, 0.1) is 24.0 Å². The van der Waals surface area contributed by atoms with E-state index in [2.05, 4.69) is 5.32 Å². The molecule has 0 unspecified atom stereocenters. The fourth-order valence-corrected chi connectivity index (χ4v) is 1.87. The summed E-state index contributed by atoms with van der Waals surface area (Å²) < 4.78 is 0. The summed E-state index contributed by atoms with van der Waals surface area (Å²) in [6.07, 6.45) is 0. The molecule has 0 aliphatic rings. The molecule has 6 nitrogen and oxygen atoms in total. The summed E-state index contributed by atoms with van der Waals surface area (Å²) in [4.78, 5) is 22.5. The first-order valence-electron chi connectivity index (χ1n) is 6.31. The molecular formula is C15H15N3O3. The molecule has 0 heterocycles. The minimum absolute atomic E-state index is 0.0313. The van der Waals surface area contributed by atoms with Crippen LogP contribution < -0.4 is 11.1 Å². The highest BCUT2D eigenvalue weighted by molar-refractivity contribution is 6.05. The average molecular weight is 285 g/mol. The number of carbonyl (C=O) groups excluding carboxylic acids is 1. The Hall–Kier alpha value is -2.89. The molecule has 0 atom stereocenters. The van der Waals surface area contributed by atoms with Gasteiger partial charge in [0.2, 0.25) is 0 Å². The molecule has 0 fully saturated rings. The fourth-order valence-electron chi connectivity index (χ4n) is 1.87. The first-order valence-corrected chi connectivity index (χ1v) is 6.31. The number of aryl methyl sites for hydroxylation is 2. The lowest BCUT2D eigenvalue weighted by Gasteiger charge is -2.08. The Bertz CT molecular complexity index is 726. The van der Waals surface area contributed by atoms with Gasteiger partial charge in [-0.05, 0) is 37.6 Å². The Balaban J connectivity index is 2.25. The van der Waals surface area contributed by atoms with E-state index in [1.54, 1.807) is 37.3 Å². The minimum Gasteiger partial charge on any atom is -0.398 e. The summed E-state index contributed by atoms with van der Waals surface area (Å²) in [6.45, 7) is 3.49. The summed E-state index contributed by atoms with van der Waals surface area (Å²) in [5.41, 5.74) is 8.46. The molecule has 21 heavy (non-hydrogen) atoms. The topological polar surface area (TPSA) is 98.3 Å². The van der Waals surface area contributed by atoms with E-state index in [9.17, 15) is 14.9 Å². The van der Waals surface area contributed by atoms with Gasteiger partial charge in [0.1, 0.15) is 0 Å². The van der Waals surface area contributed by atoms with Gasteiger partial charge < -0.3 is 11.1 Å². The molecule has 2 aromatic rings. The molecule has 2 aromatic carbocycles. The number of rotatable bonds is 3. The van der Waals surface area contributed by atoms with Crippen LogP contribution in [0.2, 0.25) is 0 Å². The van der Waals surface area contributed by atoms with Gasteiger partial charge in [0.25, 0.3) is 11.6 Å². The van der Waals surface area contributed by atoms with Crippen molar-refractivity contribution in [2.24, 2.45) is 0 Å². The number of hydrogen-bond donors (Lipinski definition) is 2. The number of hydrogen-bond acceptors (Lipinski definition) is 4. The predicted molar refractivity (Wildman–Crippen MR) is 81.4 cm³/mol. The molecule has 0 saturated heterocycles. The molecule has 0 aliphatic carbocycles. The van der Waals surface area contributed by atoms with E-state index in [1.165, 1.54) is 6.07 Å². The zero-order valence-electron chi connectivity index (χ0n) is 11.7. The van der Waals surface area contributed by atoms with Gasteiger partial charge >= 0.3 is 0 Å². The van der Waals surface area contributed by atoms with Crippen LogP contribution in [0.3, 0.4) is 0 Å². The monoisotopic (exact) mass is 285 g/mol. The van der Waals surface area contributed by atoms with Crippen LogP contribution in [0.25, 0.3) is 0 Å². The zero-order chi connectivity index (χ0) is 15.6. The van der Waals surface area contributed by atoms with Crippen LogP contribution in [-0.4, -0.2) is 10.8 Å². The van der Waals surface area contributed by atoms with Gasteiger partial charge in [-0.25, -0.2) is 0 Å². The minimum atomic E-state index is -0.477. The second-order valence-corrected chi connectivity index (χ2v) is 4.78. The number of nitrogens with two attached hydrogens (primary N) is 1. The molecule has 6 heteroatoms. The predicted octanol–water partition coefficient (Wildman–Crippen LogP) is 3.05. The Morgan fingerprint density at radius 2 is 1.81 bits per heavy atom. The van der Waals surface area contributed by atoms with Gasteiger partial charge in [-0.2, -0.15) is 0 Å². The van der Waals surface area contributed by atoms with Gasteiger partial charge in [-0.15, -0.1) is 0 Å². The van der Waals surface area contributed by atoms with Crippen molar-refractivity contribution >= 4 is 23.0 Å². The molecule has 3 N–H and O–H groups in total. The lowest BCUT2D eigenvalue weighted by Crippen LogP contribution is -2.12. The lowest BCUT2D eigenvalue weighted by atomic mass is 10.1. The number of nitrogen functional groups attached to an aromatic ring is 1. The van der Waals surface area contributed by atoms with Crippen molar-refractivity contribution in [1.82, 2.24) is 0 Å². The molecule has 0 aliphatic heterocycles. The molecule has 0 aromatic heterocycles. The van der Waals surface area contributed by atoms with Crippen molar-refractivity contribution in [3.05, 3.63) is 63.2 Å². The van der Waals surface area contributed by atoms with Crippen LogP contribution >= 0.6 is 0 Å². The van der Waals surface area contributed by atoms with Gasteiger partial charge in [-0.3, -0.25) is 14.9 Å². The van der Waals surface area contributed by atoms with E-state index < -0.39 is 4.92 Å². The molecular weight excluding hydrogens is 270 g/mol. The van der Waals surface area contributed by atoms with E-state index in [-0.39, 0.29) is 11.6 Å². The summed E-state index contributed by atoms with van der Waals surface area (Å²) in [5.74, 6) is -0.361. The third-order valence-corrected chi connectivity index (χ3v) is 3.21. The van der Waals surface area contributed by atoms with E-state index >= 15 is 0 Å². The van der Waals surface area contributed by atoms with E-state index in [0.29, 0.717) is 22.5 Å². The number of nitrogens with zero attached hydrogens (tertiary/aromatic N) is 1. The number of anilines is 2. The highest BCUT2D eigenvalue weighted by Gasteiger charge is 2.13. The first-order chi connectivity index (χ1) is 9.88. The van der Waals surface area contributed by atoms with Gasteiger partial charge in [0.05, 0.1) is 4.92 Å². The smallest absolute Gasteiger partial charge is 0.274 e. The third-order valence-electron chi connectivity index (χ3n) is 3.21. The number of nitrogens with one attached hydrogen (secondary N) is 1. The second-order valence-electron chi connectivity index (χ2n) is 4.78. The summed E-state index contributed by atoms with van der Waals surface area (Å²) in [5, 5.41) is 13.5. The Morgan fingerprint density at radius 3 is 2.43 bits per heavy atom. The molecule has 0 radical (unpaired) electrons. The standard InChI is InChI=1S/C15H15N3O3/c1-9-3-5-11(7-13(9)16)15(19)17-12-6-4-10(2)14(8-12)18(20)21/h3-8H,16H2,1-2H3,(H,17,19). The van der Waals surface area contributed by atoms with Crippen LogP contribution in [0.15, 0.2) is 36.4 Å². The molecule has 2 rings (SSSR count). The van der Waals surface area contributed by atoms with Gasteiger partial charge in [0, 0.05) is 28.6 Å². The van der Waals surface area contributed by atoms with Crippen LogP contribution in [0.4, 0.5) is 17.1 Å². The quantitative estimate of drug-likeness (QED) is 0.514. The summed E-state index contributed by atoms with van der Waals surface area (Å²) >= 11 is 0. The van der Waals surface area contributed by atoms with Crippen molar-refractivity contribution in [3.63, 3.8) is 0 Å². The van der Waals surface area contributed by atoms with Crippen LogP contribution in [0.5, 0.6) is 0 Å². The van der Waals surface area contributed by atoms with Crippen molar-refractivity contribution < 1.29 is 9.72 Å². The lowest BCUT2D eigenvalue weighted by molar-refractivity contribution is -0.385. The Labute approximate surface area is 121 Å². The number of carbonyl (C=O) groups is 1. The SMILES string of the molecule is Cc1ccc(C(=O)Nc2ccc(C)c([N+](=O)[O-])c2)cc1N. The molecule has 0 saturated carbocycles. The molecule has 108 valence electrons. The Kier molecular flexibility index (Phi) is 3.89. The van der Waals surface area contributed by atoms with Gasteiger partial charge in [0.15, 0.2) is 0 Å². The highest BCUT2D eigenvalue weighted by Crippen LogP contribution is 2.23.